The number of nitrogens with zero attached hydrogens (tertiary/aromatic N) is 2. The Hall–Kier alpha value is -3.55. The molecule has 1 fully saturated rings. The molecular weight excluding hydrogens is 398 g/mol. The Balaban J connectivity index is 1.72. The molecule has 0 spiro atoms. The number of carbonyl (C=O) groups excluding carboxylic acids is 3. The monoisotopic (exact) mass is 425 g/mol. The normalized spacial score (nSPS) is 17.0. The van der Waals surface area contributed by atoms with Crippen LogP contribution in [0.5, 0.6) is 11.5 Å². The highest BCUT2D eigenvalue weighted by Crippen LogP contribution is 2.30. The summed E-state index contributed by atoms with van der Waals surface area (Å²) < 4.78 is 10.6. The number of hydrogen-bond donors (Lipinski definition) is 1. The second-order valence-electron chi connectivity index (χ2n) is 7.49. The number of benzene rings is 2. The van der Waals surface area contributed by atoms with Crippen molar-refractivity contribution in [3.63, 3.8) is 0 Å². The highest BCUT2D eigenvalue weighted by atomic mass is 16.5. The Morgan fingerprint density at radius 1 is 1.10 bits per heavy atom. The first kappa shape index (κ1) is 22.1. The lowest BCUT2D eigenvalue weighted by Gasteiger charge is -2.21. The maximum absolute atomic E-state index is 12.9. The van der Waals surface area contributed by atoms with Crippen molar-refractivity contribution in [1.82, 2.24) is 10.2 Å². The molecule has 0 bridgehead atoms. The van der Waals surface area contributed by atoms with Gasteiger partial charge in [-0.25, -0.2) is 4.79 Å². The molecule has 8 heteroatoms. The fourth-order valence-electron chi connectivity index (χ4n) is 3.60. The second kappa shape index (κ2) is 9.07. The van der Waals surface area contributed by atoms with E-state index in [9.17, 15) is 14.4 Å². The van der Waals surface area contributed by atoms with E-state index in [1.54, 1.807) is 58.4 Å². The Labute approximate surface area is 181 Å². The van der Waals surface area contributed by atoms with Gasteiger partial charge in [0.2, 0.25) is 5.91 Å². The van der Waals surface area contributed by atoms with E-state index in [1.165, 1.54) is 4.90 Å². The summed E-state index contributed by atoms with van der Waals surface area (Å²) in [5.41, 5.74) is 2.39. The molecule has 164 valence electrons. The summed E-state index contributed by atoms with van der Waals surface area (Å²) in [6, 6.07) is 11.0. The van der Waals surface area contributed by atoms with Gasteiger partial charge in [0.15, 0.2) is 0 Å². The number of hydrogen-bond acceptors (Lipinski definition) is 5. The smallest absolute Gasteiger partial charge is 0.332 e. The third-order valence-electron chi connectivity index (χ3n) is 5.34. The van der Waals surface area contributed by atoms with Gasteiger partial charge in [-0.15, -0.1) is 0 Å². The molecule has 0 aliphatic carbocycles. The number of rotatable bonds is 7. The molecule has 0 saturated carbocycles. The third kappa shape index (κ3) is 4.47. The van der Waals surface area contributed by atoms with Gasteiger partial charge in [-0.2, -0.15) is 0 Å². The standard InChI is InChI=1S/C23H27N3O5/c1-14-6-8-17(9-7-14)26-16(3)22(28)25(23(26)29)13-21(27)24-15(2)19-12-18(30-4)10-11-20(19)31-5/h6-12,15-16H,13H2,1-5H3,(H,24,27)/t15-,16+/m1/s1. The minimum Gasteiger partial charge on any atom is -0.497 e. The van der Waals surface area contributed by atoms with Gasteiger partial charge in [0.1, 0.15) is 24.1 Å². The van der Waals surface area contributed by atoms with Crippen molar-refractivity contribution in [2.75, 3.05) is 25.7 Å². The molecule has 4 amide bonds. The van der Waals surface area contributed by atoms with Crippen LogP contribution in [-0.4, -0.2) is 49.6 Å². The number of amides is 4. The number of aryl methyl sites for hydroxylation is 1. The van der Waals surface area contributed by atoms with Crippen molar-refractivity contribution in [2.24, 2.45) is 0 Å². The summed E-state index contributed by atoms with van der Waals surface area (Å²) in [5, 5.41) is 2.83. The molecule has 1 saturated heterocycles. The fraction of sp³-hybridized carbons (Fsp3) is 0.348. The fourth-order valence-corrected chi connectivity index (χ4v) is 3.60. The molecule has 1 heterocycles. The SMILES string of the molecule is COc1ccc(OC)c([C@@H](C)NC(=O)CN2C(=O)[C@H](C)N(c3ccc(C)cc3)C2=O)c1. The zero-order valence-electron chi connectivity index (χ0n) is 18.3. The van der Waals surface area contributed by atoms with E-state index >= 15 is 0 Å². The van der Waals surface area contributed by atoms with Gasteiger partial charge >= 0.3 is 6.03 Å². The van der Waals surface area contributed by atoms with E-state index in [1.807, 2.05) is 19.1 Å². The maximum Gasteiger partial charge on any atom is 0.332 e. The van der Waals surface area contributed by atoms with Crippen molar-refractivity contribution >= 4 is 23.5 Å². The van der Waals surface area contributed by atoms with Crippen LogP contribution in [0.2, 0.25) is 0 Å². The highest BCUT2D eigenvalue weighted by molar-refractivity contribution is 6.15. The first-order valence-corrected chi connectivity index (χ1v) is 9.99. The van der Waals surface area contributed by atoms with Gasteiger partial charge in [-0.1, -0.05) is 17.7 Å². The van der Waals surface area contributed by atoms with Crippen LogP contribution < -0.4 is 19.7 Å². The van der Waals surface area contributed by atoms with Crippen LogP contribution >= 0.6 is 0 Å². The molecule has 1 aliphatic rings. The van der Waals surface area contributed by atoms with Crippen LogP contribution in [-0.2, 0) is 9.59 Å². The zero-order valence-corrected chi connectivity index (χ0v) is 18.3. The lowest BCUT2D eigenvalue weighted by Crippen LogP contribution is -2.42. The zero-order chi connectivity index (χ0) is 22.7. The summed E-state index contributed by atoms with van der Waals surface area (Å²) in [7, 11) is 3.10. The van der Waals surface area contributed by atoms with Crippen LogP contribution in [0.15, 0.2) is 42.5 Å². The molecule has 1 N–H and O–H groups in total. The van der Waals surface area contributed by atoms with Gasteiger partial charge in [-0.3, -0.25) is 19.4 Å². The van der Waals surface area contributed by atoms with Gasteiger partial charge in [0, 0.05) is 11.3 Å². The van der Waals surface area contributed by atoms with E-state index in [0.29, 0.717) is 17.2 Å². The minimum absolute atomic E-state index is 0.360. The van der Waals surface area contributed by atoms with Crippen LogP contribution in [0, 0.1) is 6.92 Å². The number of urea groups is 1. The van der Waals surface area contributed by atoms with E-state index in [-0.39, 0.29) is 6.54 Å². The maximum atomic E-state index is 12.9. The molecule has 2 aromatic rings. The molecule has 31 heavy (non-hydrogen) atoms. The number of anilines is 1. The van der Waals surface area contributed by atoms with E-state index in [4.69, 9.17) is 9.47 Å². The second-order valence-corrected chi connectivity index (χ2v) is 7.49. The number of ether oxygens (including phenoxy) is 2. The lowest BCUT2D eigenvalue weighted by molar-refractivity contribution is -0.132. The average Bonchev–Trinajstić information content (AvgIpc) is 2.97. The largest absolute Gasteiger partial charge is 0.497 e. The van der Waals surface area contributed by atoms with Crippen LogP contribution in [0.3, 0.4) is 0 Å². The lowest BCUT2D eigenvalue weighted by atomic mass is 10.1. The Kier molecular flexibility index (Phi) is 6.48. The Bertz CT molecular complexity index is 989. The molecule has 0 unspecified atom stereocenters. The van der Waals surface area contributed by atoms with Crippen LogP contribution in [0.4, 0.5) is 10.5 Å². The molecule has 2 atom stereocenters. The van der Waals surface area contributed by atoms with E-state index in [0.717, 1.165) is 16.0 Å². The van der Waals surface area contributed by atoms with E-state index in [2.05, 4.69) is 5.32 Å². The summed E-state index contributed by atoms with van der Waals surface area (Å²) in [4.78, 5) is 40.7. The highest BCUT2D eigenvalue weighted by Gasteiger charge is 2.44. The molecule has 1 aliphatic heterocycles. The Morgan fingerprint density at radius 2 is 1.77 bits per heavy atom. The molecule has 0 radical (unpaired) electrons. The predicted octanol–water partition coefficient (Wildman–Crippen LogP) is 3.05. The van der Waals surface area contributed by atoms with Gasteiger partial charge in [0.05, 0.1) is 20.3 Å². The predicted molar refractivity (Wildman–Crippen MR) is 116 cm³/mol. The quantitative estimate of drug-likeness (QED) is 0.689. The number of carbonyl (C=O) groups is 3. The van der Waals surface area contributed by atoms with Crippen LogP contribution in [0.1, 0.15) is 31.0 Å². The van der Waals surface area contributed by atoms with Gasteiger partial charge in [-0.05, 0) is 51.1 Å². The van der Waals surface area contributed by atoms with Gasteiger partial charge < -0.3 is 14.8 Å². The first-order chi connectivity index (χ1) is 14.8. The molecule has 3 rings (SSSR count). The number of nitrogens with one attached hydrogen (secondary N) is 1. The van der Waals surface area contributed by atoms with Crippen molar-refractivity contribution in [3.8, 4) is 11.5 Å². The summed E-state index contributed by atoms with van der Waals surface area (Å²) in [6.07, 6.45) is 0. The molecule has 8 nitrogen and oxygen atoms in total. The summed E-state index contributed by atoms with van der Waals surface area (Å²) in [5.74, 6) is 0.370. The molecular formula is C23H27N3O5. The summed E-state index contributed by atoms with van der Waals surface area (Å²) in [6.45, 7) is 5.03. The number of imide groups is 1. The van der Waals surface area contributed by atoms with Crippen molar-refractivity contribution in [2.45, 2.75) is 32.9 Å². The minimum atomic E-state index is -0.682. The van der Waals surface area contributed by atoms with Crippen molar-refractivity contribution in [3.05, 3.63) is 53.6 Å². The average molecular weight is 425 g/mol. The summed E-state index contributed by atoms with van der Waals surface area (Å²) >= 11 is 0. The third-order valence-corrected chi connectivity index (χ3v) is 5.34. The Morgan fingerprint density at radius 3 is 2.39 bits per heavy atom. The topological polar surface area (TPSA) is 88.2 Å². The van der Waals surface area contributed by atoms with Crippen LogP contribution in [0.25, 0.3) is 0 Å². The van der Waals surface area contributed by atoms with E-state index < -0.39 is 29.9 Å². The molecule has 2 aromatic carbocycles. The first-order valence-electron chi connectivity index (χ1n) is 9.99. The van der Waals surface area contributed by atoms with Crippen molar-refractivity contribution in [1.29, 1.82) is 0 Å². The van der Waals surface area contributed by atoms with Crippen molar-refractivity contribution < 1.29 is 23.9 Å². The molecule has 0 aromatic heterocycles. The number of methoxy groups -OCH3 is 2. The van der Waals surface area contributed by atoms with Gasteiger partial charge in [0.25, 0.3) is 5.91 Å².